The van der Waals surface area contributed by atoms with Crippen molar-refractivity contribution in [2.45, 2.75) is 29.8 Å². The van der Waals surface area contributed by atoms with E-state index < -0.39 is 43.2 Å². The standard InChI is InChI=1S/C11H12F4N2O3S/c1-10(2,9(16)18)17-7-4-3-6(12)5-8(7)21(19,20)11(13,14)15/h3-5,17H,1-2H3,(H2,16,18). The Balaban J connectivity index is 3.48. The lowest BCUT2D eigenvalue weighted by atomic mass is 10.0. The Morgan fingerprint density at radius 3 is 2.19 bits per heavy atom. The van der Waals surface area contributed by atoms with Gasteiger partial charge in [-0.25, -0.2) is 12.8 Å². The molecule has 0 bridgehead atoms. The minimum Gasteiger partial charge on any atom is -0.371 e. The van der Waals surface area contributed by atoms with E-state index in [1.807, 2.05) is 0 Å². The minimum atomic E-state index is -5.78. The van der Waals surface area contributed by atoms with E-state index in [9.17, 15) is 30.8 Å². The van der Waals surface area contributed by atoms with Gasteiger partial charge in [0.2, 0.25) is 5.91 Å². The average molecular weight is 328 g/mol. The molecule has 0 unspecified atom stereocenters. The van der Waals surface area contributed by atoms with Crippen molar-refractivity contribution in [1.29, 1.82) is 0 Å². The van der Waals surface area contributed by atoms with Crippen molar-refractivity contribution in [3.63, 3.8) is 0 Å². The largest absolute Gasteiger partial charge is 0.501 e. The highest BCUT2D eigenvalue weighted by molar-refractivity contribution is 7.92. The van der Waals surface area contributed by atoms with E-state index in [2.05, 4.69) is 5.32 Å². The zero-order valence-corrected chi connectivity index (χ0v) is 11.8. The molecule has 0 aromatic heterocycles. The third-order valence-electron chi connectivity index (χ3n) is 2.60. The maximum atomic E-state index is 13.1. The van der Waals surface area contributed by atoms with Crippen LogP contribution in [0.2, 0.25) is 0 Å². The van der Waals surface area contributed by atoms with Gasteiger partial charge in [0.1, 0.15) is 16.3 Å². The molecule has 0 spiro atoms. The van der Waals surface area contributed by atoms with Crippen LogP contribution in [0.25, 0.3) is 0 Å². The molecule has 118 valence electrons. The van der Waals surface area contributed by atoms with Crippen molar-refractivity contribution in [3.8, 4) is 0 Å². The number of halogens is 4. The van der Waals surface area contributed by atoms with Gasteiger partial charge in [0, 0.05) is 0 Å². The van der Waals surface area contributed by atoms with Crippen molar-refractivity contribution in [2.24, 2.45) is 5.73 Å². The number of carbonyl (C=O) groups is 1. The van der Waals surface area contributed by atoms with Crippen LogP contribution in [0.15, 0.2) is 23.1 Å². The lowest BCUT2D eigenvalue weighted by molar-refractivity contribution is -0.121. The monoisotopic (exact) mass is 328 g/mol. The van der Waals surface area contributed by atoms with Crippen molar-refractivity contribution in [3.05, 3.63) is 24.0 Å². The number of nitrogens with one attached hydrogen (secondary N) is 1. The predicted molar refractivity (Wildman–Crippen MR) is 66.5 cm³/mol. The first-order chi connectivity index (χ1) is 9.29. The summed E-state index contributed by atoms with van der Waals surface area (Å²) in [4.78, 5) is 9.85. The Hall–Kier alpha value is -1.84. The molecule has 10 heteroatoms. The van der Waals surface area contributed by atoms with Gasteiger partial charge in [0.25, 0.3) is 9.84 Å². The number of benzene rings is 1. The summed E-state index contributed by atoms with van der Waals surface area (Å²) in [5, 5.41) is 2.27. The van der Waals surface area contributed by atoms with Crippen molar-refractivity contribution in [2.75, 3.05) is 5.32 Å². The number of sulfone groups is 1. The summed E-state index contributed by atoms with van der Waals surface area (Å²) in [7, 11) is -5.78. The summed E-state index contributed by atoms with van der Waals surface area (Å²) in [5.41, 5.74) is -2.66. The summed E-state index contributed by atoms with van der Waals surface area (Å²) in [6.45, 7) is 2.48. The molecule has 1 rings (SSSR count). The maximum absolute atomic E-state index is 13.1. The molecule has 0 saturated heterocycles. The van der Waals surface area contributed by atoms with Gasteiger partial charge in [-0.3, -0.25) is 4.79 Å². The van der Waals surface area contributed by atoms with Crippen LogP contribution in [0.5, 0.6) is 0 Å². The van der Waals surface area contributed by atoms with E-state index >= 15 is 0 Å². The molecule has 0 aliphatic heterocycles. The van der Waals surface area contributed by atoms with Crippen LogP contribution in [-0.2, 0) is 14.6 Å². The summed E-state index contributed by atoms with van der Waals surface area (Å²) in [6.07, 6.45) is 0. The number of alkyl halides is 3. The first-order valence-electron chi connectivity index (χ1n) is 5.48. The van der Waals surface area contributed by atoms with Crippen molar-refractivity contribution < 1.29 is 30.8 Å². The number of hydrogen-bond donors (Lipinski definition) is 2. The Bertz CT molecular complexity index is 669. The Morgan fingerprint density at radius 1 is 1.24 bits per heavy atom. The van der Waals surface area contributed by atoms with Gasteiger partial charge in [-0.05, 0) is 32.0 Å². The molecule has 0 aliphatic rings. The smallest absolute Gasteiger partial charge is 0.371 e. The highest BCUT2D eigenvalue weighted by Gasteiger charge is 2.48. The van der Waals surface area contributed by atoms with Gasteiger partial charge in [-0.2, -0.15) is 13.2 Å². The van der Waals surface area contributed by atoms with Crippen molar-refractivity contribution in [1.82, 2.24) is 0 Å². The van der Waals surface area contributed by atoms with E-state index in [1.54, 1.807) is 0 Å². The van der Waals surface area contributed by atoms with Gasteiger partial charge in [0.15, 0.2) is 0 Å². The number of hydrogen-bond acceptors (Lipinski definition) is 4. The zero-order valence-electron chi connectivity index (χ0n) is 11.0. The van der Waals surface area contributed by atoms with Crippen LogP contribution in [-0.4, -0.2) is 25.4 Å². The van der Waals surface area contributed by atoms with E-state index in [0.717, 1.165) is 12.1 Å². The second kappa shape index (κ2) is 5.17. The maximum Gasteiger partial charge on any atom is 0.501 e. The summed E-state index contributed by atoms with van der Waals surface area (Å²) in [6, 6.07) is 1.77. The molecule has 0 aliphatic carbocycles. The fraction of sp³-hybridized carbons (Fsp3) is 0.364. The predicted octanol–water partition coefficient (Wildman–Crippen LogP) is 1.79. The Labute approximate surface area is 118 Å². The van der Waals surface area contributed by atoms with Crippen LogP contribution >= 0.6 is 0 Å². The molecule has 1 aromatic carbocycles. The van der Waals surface area contributed by atoms with Crippen LogP contribution < -0.4 is 11.1 Å². The fourth-order valence-electron chi connectivity index (χ4n) is 1.34. The first kappa shape index (κ1) is 17.2. The molecule has 0 radical (unpaired) electrons. The summed E-state index contributed by atoms with van der Waals surface area (Å²) in [5.74, 6) is -2.09. The highest BCUT2D eigenvalue weighted by atomic mass is 32.2. The third kappa shape index (κ3) is 3.43. The SMILES string of the molecule is CC(C)(Nc1ccc(F)cc1S(=O)(=O)C(F)(F)F)C(N)=O. The summed E-state index contributed by atoms with van der Waals surface area (Å²) >= 11 is 0. The van der Waals surface area contributed by atoms with E-state index in [4.69, 9.17) is 5.73 Å². The molecular formula is C11H12F4N2O3S. The van der Waals surface area contributed by atoms with Gasteiger partial charge in [-0.1, -0.05) is 0 Å². The minimum absolute atomic E-state index is 0.224. The lowest BCUT2D eigenvalue weighted by Crippen LogP contribution is -2.45. The van der Waals surface area contributed by atoms with Crippen LogP contribution in [0.3, 0.4) is 0 Å². The Morgan fingerprint density at radius 2 is 1.76 bits per heavy atom. The molecule has 1 aromatic rings. The number of amides is 1. The molecule has 21 heavy (non-hydrogen) atoms. The molecule has 5 nitrogen and oxygen atoms in total. The fourth-order valence-corrected chi connectivity index (χ4v) is 2.27. The van der Waals surface area contributed by atoms with Crippen LogP contribution in [0.4, 0.5) is 23.2 Å². The third-order valence-corrected chi connectivity index (χ3v) is 4.13. The normalized spacial score (nSPS) is 13.0. The molecule has 3 N–H and O–H groups in total. The van der Waals surface area contributed by atoms with E-state index in [1.165, 1.54) is 13.8 Å². The quantitative estimate of drug-likeness (QED) is 0.825. The Kier molecular flexibility index (Phi) is 4.24. The molecule has 0 saturated carbocycles. The number of nitrogens with two attached hydrogens (primary N) is 1. The number of anilines is 1. The lowest BCUT2D eigenvalue weighted by Gasteiger charge is -2.25. The van der Waals surface area contributed by atoms with Gasteiger partial charge >= 0.3 is 5.51 Å². The topological polar surface area (TPSA) is 89.3 Å². The molecule has 0 heterocycles. The second-order valence-electron chi connectivity index (χ2n) is 4.70. The second-order valence-corrected chi connectivity index (χ2v) is 6.61. The van der Waals surface area contributed by atoms with Gasteiger partial charge < -0.3 is 11.1 Å². The number of carbonyl (C=O) groups excluding carboxylic acids is 1. The van der Waals surface area contributed by atoms with E-state index in [0.29, 0.717) is 0 Å². The summed E-state index contributed by atoms with van der Waals surface area (Å²) < 4.78 is 73.8. The van der Waals surface area contributed by atoms with Gasteiger partial charge in [0.05, 0.1) is 5.69 Å². The molecule has 0 atom stereocenters. The van der Waals surface area contributed by atoms with Crippen LogP contribution in [0.1, 0.15) is 13.8 Å². The molecular weight excluding hydrogens is 316 g/mol. The molecule has 1 amide bonds. The molecule has 0 fully saturated rings. The van der Waals surface area contributed by atoms with Gasteiger partial charge in [-0.15, -0.1) is 0 Å². The highest BCUT2D eigenvalue weighted by Crippen LogP contribution is 2.35. The van der Waals surface area contributed by atoms with Crippen molar-refractivity contribution >= 4 is 21.4 Å². The zero-order chi connectivity index (χ0) is 16.6. The first-order valence-corrected chi connectivity index (χ1v) is 6.96. The average Bonchev–Trinajstić information content (AvgIpc) is 2.29. The van der Waals surface area contributed by atoms with E-state index in [-0.39, 0.29) is 6.07 Å². The number of rotatable bonds is 4. The van der Waals surface area contributed by atoms with Crippen LogP contribution in [0, 0.1) is 5.82 Å². The number of primary amides is 1.